The van der Waals surface area contributed by atoms with Crippen LogP contribution in [0.25, 0.3) is 0 Å². The van der Waals surface area contributed by atoms with Gasteiger partial charge in [-0.05, 0) is 68.2 Å². The smallest absolute Gasteiger partial charge is 0.191 e. The maximum atomic E-state index is 6.13. The highest BCUT2D eigenvalue weighted by Crippen LogP contribution is 2.31. The molecule has 1 fully saturated rings. The fourth-order valence-electron chi connectivity index (χ4n) is 4.25. The normalized spacial score (nSPS) is 15.0. The quantitative estimate of drug-likeness (QED) is 0.254. The van der Waals surface area contributed by atoms with E-state index in [1.165, 1.54) is 11.1 Å². The molecular weight excluding hydrogens is 452 g/mol. The Balaban J connectivity index is 1.35. The zero-order valence-electron chi connectivity index (χ0n) is 19.1. The summed E-state index contributed by atoms with van der Waals surface area (Å²) in [4.78, 5) is 2.52. The molecule has 0 aliphatic carbocycles. The third kappa shape index (κ3) is 6.40. The molecule has 1 aliphatic rings. The van der Waals surface area contributed by atoms with Gasteiger partial charge in [0.1, 0.15) is 11.6 Å². The third-order valence-corrected chi connectivity index (χ3v) is 7.18. The molecule has 0 N–H and O–H groups in total. The van der Waals surface area contributed by atoms with Gasteiger partial charge in [-0.3, -0.25) is 4.90 Å². The van der Waals surface area contributed by atoms with E-state index in [4.69, 9.17) is 16.3 Å². The van der Waals surface area contributed by atoms with E-state index >= 15 is 0 Å². The summed E-state index contributed by atoms with van der Waals surface area (Å²) in [6, 6.07) is 16.4. The first-order chi connectivity index (χ1) is 16.2. The molecule has 0 radical (unpaired) electrons. The van der Waals surface area contributed by atoms with Crippen LogP contribution < -0.4 is 4.74 Å². The Bertz CT molecular complexity index is 1040. The van der Waals surface area contributed by atoms with Gasteiger partial charge in [-0.2, -0.15) is 0 Å². The number of hydrogen-bond donors (Lipinski definition) is 0. The molecule has 0 amide bonds. The lowest BCUT2D eigenvalue weighted by atomic mass is 9.95. The fourth-order valence-corrected chi connectivity index (χ4v) is 5.36. The lowest BCUT2D eigenvalue weighted by Crippen LogP contribution is -2.33. The Morgan fingerprint density at radius 1 is 1.12 bits per heavy atom. The van der Waals surface area contributed by atoms with Crippen molar-refractivity contribution in [3.8, 4) is 5.75 Å². The largest absolute Gasteiger partial charge is 0.494 e. The minimum atomic E-state index is 0.426. The van der Waals surface area contributed by atoms with Gasteiger partial charge in [0.05, 0.1) is 6.61 Å². The topological polar surface area (TPSA) is 43.2 Å². The number of piperidine rings is 1. The summed E-state index contributed by atoms with van der Waals surface area (Å²) < 4.78 is 7.78. The molecule has 174 valence electrons. The Morgan fingerprint density at radius 2 is 1.91 bits per heavy atom. The number of halogens is 1. The van der Waals surface area contributed by atoms with Gasteiger partial charge in [-0.15, -0.1) is 16.8 Å². The first-order valence-corrected chi connectivity index (χ1v) is 12.9. The second kappa shape index (κ2) is 11.7. The molecule has 7 heteroatoms. The molecule has 0 saturated carbocycles. The van der Waals surface area contributed by atoms with E-state index < -0.39 is 0 Å². The number of hydrogen-bond acceptors (Lipinski definition) is 5. The number of thioether (sulfide) groups is 1. The first kappa shape index (κ1) is 23.9. The lowest BCUT2D eigenvalue weighted by Gasteiger charge is -2.31. The van der Waals surface area contributed by atoms with Crippen LogP contribution in [0.4, 0.5) is 0 Å². The third-order valence-electron chi connectivity index (χ3n) is 5.91. The van der Waals surface area contributed by atoms with E-state index in [1.54, 1.807) is 11.8 Å². The zero-order valence-corrected chi connectivity index (χ0v) is 20.7. The minimum absolute atomic E-state index is 0.426. The van der Waals surface area contributed by atoms with E-state index in [2.05, 4.69) is 56.6 Å². The van der Waals surface area contributed by atoms with Crippen molar-refractivity contribution in [3.63, 3.8) is 0 Å². The van der Waals surface area contributed by atoms with E-state index in [1.807, 2.05) is 31.2 Å². The molecule has 0 spiro atoms. The molecule has 0 unspecified atom stereocenters. The van der Waals surface area contributed by atoms with Crippen LogP contribution in [0, 0.1) is 0 Å². The molecule has 1 saturated heterocycles. The molecule has 0 bridgehead atoms. The van der Waals surface area contributed by atoms with E-state index in [9.17, 15) is 0 Å². The second-order valence-electron chi connectivity index (χ2n) is 8.29. The summed E-state index contributed by atoms with van der Waals surface area (Å²) in [6.45, 7) is 10.5. The fraction of sp³-hybridized carbons (Fsp3) is 0.385. The zero-order chi connectivity index (χ0) is 23.0. The van der Waals surface area contributed by atoms with Crippen LogP contribution in [0.3, 0.4) is 0 Å². The van der Waals surface area contributed by atoms with Crippen LogP contribution in [0.5, 0.6) is 5.75 Å². The Morgan fingerprint density at radius 3 is 2.61 bits per heavy atom. The maximum Gasteiger partial charge on any atom is 0.191 e. The summed E-state index contributed by atoms with van der Waals surface area (Å²) in [7, 11) is 0. The number of nitrogens with zero attached hydrogens (tertiary/aromatic N) is 4. The summed E-state index contributed by atoms with van der Waals surface area (Å²) in [5.41, 5.74) is 2.51. The van der Waals surface area contributed by atoms with Crippen molar-refractivity contribution in [1.29, 1.82) is 0 Å². The predicted octanol–water partition coefficient (Wildman–Crippen LogP) is 6.19. The maximum absolute atomic E-state index is 6.13. The molecular formula is C26H31ClN4OS. The molecule has 0 atom stereocenters. The Kier molecular flexibility index (Phi) is 8.48. The first-order valence-electron chi connectivity index (χ1n) is 11.5. The van der Waals surface area contributed by atoms with Crippen LogP contribution in [0.1, 0.15) is 42.6 Å². The predicted molar refractivity (Wildman–Crippen MR) is 136 cm³/mol. The Labute approximate surface area is 205 Å². The average Bonchev–Trinajstić information content (AvgIpc) is 3.22. The van der Waals surface area contributed by atoms with Crippen LogP contribution in [0.15, 0.2) is 66.3 Å². The van der Waals surface area contributed by atoms with Crippen molar-refractivity contribution in [2.24, 2.45) is 0 Å². The molecule has 33 heavy (non-hydrogen) atoms. The number of rotatable bonds is 10. The summed E-state index contributed by atoms with van der Waals surface area (Å²) in [5.74, 6) is 3.26. The van der Waals surface area contributed by atoms with Crippen molar-refractivity contribution in [1.82, 2.24) is 19.7 Å². The Hall–Kier alpha value is -2.28. The number of allylic oxidation sites excluding steroid dienone is 1. The molecule has 3 aromatic rings. The van der Waals surface area contributed by atoms with Crippen molar-refractivity contribution in [2.75, 3.05) is 19.7 Å². The molecule has 2 aromatic carbocycles. The van der Waals surface area contributed by atoms with Gasteiger partial charge in [-0.1, -0.05) is 53.7 Å². The second-order valence-corrected chi connectivity index (χ2v) is 9.66. The van der Waals surface area contributed by atoms with E-state index in [0.29, 0.717) is 12.5 Å². The van der Waals surface area contributed by atoms with Crippen molar-refractivity contribution >= 4 is 23.4 Å². The highest BCUT2D eigenvalue weighted by atomic mass is 35.5. The van der Waals surface area contributed by atoms with Gasteiger partial charge < -0.3 is 9.30 Å². The molecule has 4 rings (SSSR count). The average molecular weight is 483 g/mol. The van der Waals surface area contributed by atoms with Crippen molar-refractivity contribution < 1.29 is 4.74 Å². The van der Waals surface area contributed by atoms with Gasteiger partial charge in [0.25, 0.3) is 0 Å². The number of aromatic nitrogens is 3. The van der Waals surface area contributed by atoms with Crippen LogP contribution in [-0.2, 0) is 18.8 Å². The van der Waals surface area contributed by atoms with Gasteiger partial charge in [0.2, 0.25) is 0 Å². The summed E-state index contributed by atoms with van der Waals surface area (Å²) in [6.07, 6.45) is 4.11. The van der Waals surface area contributed by atoms with Gasteiger partial charge >= 0.3 is 0 Å². The molecule has 5 nitrogen and oxygen atoms in total. The van der Waals surface area contributed by atoms with E-state index in [-0.39, 0.29) is 0 Å². The highest BCUT2D eigenvalue weighted by molar-refractivity contribution is 7.98. The highest BCUT2D eigenvalue weighted by Gasteiger charge is 2.26. The van der Waals surface area contributed by atoms with Gasteiger partial charge in [0.15, 0.2) is 5.16 Å². The van der Waals surface area contributed by atoms with Crippen molar-refractivity contribution in [3.05, 3.63) is 83.2 Å². The number of benzene rings is 2. The molecule has 1 aliphatic heterocycles. The van der Waals surface area contributed by atoms with Crippen molar-refractivity contribution in [2.45, 2.75) is 49.7 Å². The van der Waals surface area contributed by atoms with Crippen LogP contribution in [-0.4, -0.2) is 39.4 Å². The lowest BCUT2D eigenvalue weighted by molar-refractivity contribution is 0.200. The minimum Gasteiger partial charge on any atom is -0.494 e. The van der Waals surface area contributed by atoms with Crippen LogP contribution >= 0.6 is 23.4 Å². The SMILES string of the molecule is C=CCn1c(SCc2cccc(Cl)c2)nnc1C1CCN(Cc2ccc(OCC)cc2)CC1. The monoisotopic (exact) mass is 482 g/mol. The van der Waals surface area contributed by atoms with Crippen LogP contribution in [0.2, 0.25) is 5.02 Å². The van der Waals surface area contributed by atoms with Gasteiger partial charge in [0, 0.05) is 29.8 Å². The number of likely N-dealkylation sites (tertiary alicyclic amines) is 1. The number of ether oxygens (including phenoxy) is 1. The summed E-state index contributed by atoms with van der Waals surface area (Å²) in [5, 5.41) is 10.8. The van der Waals surface area contributed by atoms with E-state index in [0.717, 1.165) is 66.5 Å². The summed E-state index contributed by atoms with van der Waals surface area (Å²) >= 11 is 7.83. The molecule has 2 heterocycles. The molecule has 1 aromatic heterocycles. The van der Waals surface area contributed by atoms with Gasteiger partial charge in [-0.25, -0.2) is 0 Å². The standard InChI is InChI=1S/C26H31ClN4OS/c1-3-14-31-25(28-29-26(31)33-19-21-6-5-7-23(27)17-21)22-12-15-30(16-13-22)18-20-8-10-24(11-9-20)32-4-2/h3,5-11,17,22H,1,4,12-16,18-19H2,2H3.